The molecule has 0 unspecified atom stereocenters. The zero-order chi connectivity index (χ0) is 17.6. The third-order valence-corrected chi connectivity index (χ3v) is 3.69. The SMILES string of the molecule is Cc1cnc(C)c(NCc2ccc(NC(=O)c3ccncc3)cc2)n1. The van der Waals surface area contributed by atoms with Gasteiger partial charge < -0.3 is 10.6 Å². The van der Waals surface area contributed by atoms with Gasteiger partial charge >= 0.3 is 0 Å². The highest BCUT2D eigenvalue weighted by Gasteiger charge is 2.06. The minimum atomic E-state index is -0.154. The van der Waals surface area contributed by atoms with E-state index in [1.807, 2.05) is 38.1 Å². The van der Waals surface area contributed by atoms with Gasteiger partial charge in [0.1, 0.15) is 5.82 Å². The Hall–Kier alpha value is -3.28. The van der Waals surface area contributed by atoms with Crippen LogP contribution in [0.3, 0.4) is 0 Å². The van der Waals surface area contributed by atoms with Crippen molar-refractivity contribution < 1.29 is 4.79 Å². The zero-order valence-corrected chi connectivity index (χ0v) is 14.2. The van der Waals surface area contributed by atoms with Crippen LogP contribution in [-0.2, 0) is 6.54 Å². The first-order chi connectivity index (χ1) is 12.1. The number of pyridine rings is 1. The number of anilines is 2. The molecule has 1 amide bonds. The summed E-state index contributed by atoms with van der Waals surface area (Å²) < 4.78 is 0. The van der Waals surface area contributed by atoms with Crippen LogP contribution in [0.25, 0.3) is 0 Å². The molecule has 25 heavy (non-hydrogen) atoms. The van der Waals surface area contributed by atoms with E-state index in [-0.39, 0.29) is 5.91 Å². The second-order valence-corrected chi connectivity index (χ2v) is 5.69. The Morgan fingerprint density at radius 2 is 1.76 bits per heavy atom. The number of amides is 1. The van der Waals surface area contributed by atoms with E-state index in [9.17, 15) is 4.79 Å². The molecule has 2 aromatic heterocycles. The molecular formula is C19H19N5O. The molecule has 2 heterocycles. The first-order valence-electron chi connectivity index (χ1n) is 7.96. The maximum Gasteiger partial charge on any atom is 0.255 e. The fourth-order valence-corrected chi connectivity index (χ4v) is 2.30. The summed E-state index contributed by atoms with van der Waals surface area (Å²) in [6.07, 6.45) is 4.94. The molecule has 0 fully saturated rings. The Balaban J connectivity index is 1.60. The number of nitrogens with zero attached hydrogens (tertiary/aromatic N) is 3. The number of carbonyl (C=O) groups excluding carboxylic acids is 1. The average Bonchev–Trinajstić information content (AvgIpc) is 2.64. The van der Waals surface area contributed by atoms with Crippen LogP contribution in [-0.4, -0.2) is 20.9 Å². The maximum absolute atomic E-state index is 12.1. The van der Waals surface area contributed by atoms with E-state index < -0.39 is 0 Å². The summed E-state index contributed by atoms with van der Waals surface area (Å²) in [6, 6.07) is 11.1. The number of hydrogen-bond acceptors (Lipinski definition) is 5. The Morgan fingerprint density at radius 3 is 2.48 bits per heavy atom. The Morgan fingerprint density at radius 1 is 1.04 bits per heavy atom. The largest absolute Gasteiger partial charge is 0.364 e. The maximum atomic E-state index is 12.1. The van der Waals surface area contributed by atoms with Gasteiger partial charge in [-0.2, -0.15) is 0 Å². The number of aromatic nitrogens is 3. The van der Waals surface area contributed by atoms with Crippen molar-refractivity contribution in [2.24, 2.45) is 0 Å². The van der Waals surface area contributed by atoms with Gasteiger partial charge in [-0.1, -0.05) is 12.1 Å². The summed E-state index contributed by atoms with van der Waals surface area (Å²) in [6.45, 7) is 4.47. The van der Waals surface area contributed by atoms with Crippen LogP contribution in [0.2, 0.25) is 0 Å². The van der Waals surface area contributed by atoms with E-state index in [0.29, 0.717) is 12.1 Å². The monoisotopic (exact) mass is 333 g/mol. The smallest absolute Gasteiger partial charge is 0.255 e. The number of nitrogens with one attached hydrogen (secondary N) is 2. The molecule has 2 N–H and O–H groups in total. The second kappa shape index (κ2) is 7.53. The highest BCUT2D eigenvalue weighted by Crippen LogP contribution is 2.14. The number of rotatable bonds is 5. The number of carbonyl (C=O) groups is 1. The molecule has 0 aliphatic rings. The Kier molecular flexibility index (Phi) is 4.99. The summed E-state index contributed by atoms with van der Waals surface area (Å²) in [5.41, 5.74) is 4.16. The quantitative estimate of drug-likeness (QED) is 0.748. The predicted octanol–water partition coefficient (Wildman–Crippen LogP) is 3.35. The predicted molar refractivity (Wildman–Crippen MR) is 97.5 cm³/mol. The summed E-state index contributed by atoms with van der Waals surface area (Å²) in [4.78, 5) is 24.8. The second-order valence-electron chi connectivity index (χ2n) is 5.69. The number of benzene rings is 1. The Labute approximate surface area is 146 Å². The molecule has 0 atom stereocenters. The third kappa shape index (κ3) is 4.38. The highest BCUT2D eigenvalue weighted by molar-refractivity contribution is 6.04. The Bertz CT molecular complexity index is 863. The standard InChI is InChI=1S/C19H19N5O/c1-13-11-21-14(2)18(23-13)22-12-15-3-5-17(6-4-15)24-19(25)16-7-9-20-10-8-16/h3-11H,12H2,1-2H3,(H,22,23)(H,24,25). The molecule has 3 rings (SSSR count). The van der Waals surface area contributed by atoms with Gasteiger partial charge in [0.05, 0.1) is 11.4 Å². The molecule has 126 valence electrons. The number of hydrogen-bond donors (Lipinski definition) is 2. The molecule has 0 radical (unpaired) electrons. The van der Waals surface area contributed by atoms with Crippen molar-refractivity contribution >= 4 is 17.4 Å². The lowest BCUT2D eigenvalue weighted by Gasteiger charge is -2.10. The molecule has 0 aliphatic carbocycles. The van der Waals surface area contributed by atoms with Crippen LogP contribution in [0.4, 0.5) is 11.5 Å². The van der Waals surface area contributed by atoms with Crippen molar-refractivity contribution in [2.75, 3.05) is 10.6 Å². The molecular weight excluding hydrogens is 314 g/mol. The molecule has 6 heteroatoms. The van der Waals surface area contributed by atoms with Crippen molar-refractivity contribution in [3.63, 3.8) is 0 Å². The third-order valence-electron chi connectivity index (χ3n) is 3.69. The van der Waals surface area contributed by atoms with Crippen LogP contribution in [0, 0.1) is 13.8 Å². The van der Waals surface area contributed by atoms with Crippen molar-refractivity contribution in [3.8, 4) is 0 Å². The minimum absolute atomic E-state index is 0.154. The summed E-state index contributed by atoms with van der Waals surface area (Å²) in [7, 11) is 0. The van der Waals surface area contributed by atoms with Gasteiger partial charge in [0.25, 0.3) is 5.91 Å². The summed E-state index contributed by atoms with van der Waals surface area (Å²) in [5.74, 6) is 0.633. The zero-order valence-electron chi connectivity index (χ0n) is 14.2. The van der Waals surface area contributed by atoms with E-state index in [0.717, 1.165) is 28.5 Å². The van der Waals surface area contributed by atoms with Crippen molar-refractivity contribution in [3.05, 3.63) is 77.5 Å². The first kappa shape index (κ1) is 16.6. The minimum Gasteiger partial charge on any atom is -0.364 e. The van der Waals surface area contributed by atoms with Crippen molar-refractivity contribution in [1.82, 2.24) is 15.0 Å². The van der Waals surface area contributed by atoms with Gasteiger partial charge in [-0.05, 0) is 43.7 Å². The van der Waals surface area contributed by atoms with Crippen LogP contribution in [0.5, 0.6) is 0 Å². The molecule has 0 bridgehead atoms. The van der Waals surface area contributed by atoms with E-state index in [1.54, 1.807) is 30.7 Å². The van der Waals surface area contributed by atoms with Crippen molar-refractivity contribution in [1.29, 1.82) is 0 Å². The van der Waals surface area contributed by atoms with Crippen molar-refractivity contribution in [2.45, 2.75) is 20.4 Å². The van der Waals surface area contributed by atoms with Crippen LogP contribution in [0.1, 0.15) is 27.3 Å². The first-order valence-corrected chi connectivity index (χ1v) is 7.96. The molecule has 0 saturated heterocycles. The van der Waals surface area contributed by atoms with E-state index in [1.165, 1.54) is 0 Å². The van der Waals surface area contributed by atoms with Gasteiger partial charge in [-0.15, -0.1) is 0 Å². The van der Waals surface area contributed by atoms with Crippen LogP contribution < -0.4 is 10.6 Å². The van der Waals surface area contributed by atoms with E-state index in [2.05, 4.69) is 25.6 Å². The van der Waals surface area contributed by atoms with Gasteiger partial charge in [0.2, 0.25) is 0 Å². The van der Waals surface area contributed by atoms with Gasteiger partial charge in [-0.25, -0.2) is 4.98 Å². The molecule has 1 aromatic carbocycles. The topological polar surface area (TPSA) is 79.8 Å². The highest BCUT2D eigenvalue weighted by atomic mass is 16.1. The molecule has 0 aliphatic heterocycles. The van der Waals surface area contributed by atoms with Gasteiger partial charge in [-0.3, -0.25) is 14.8 Å². The van der Waals surface area contributed by atoms with Gasteiger partial charge in [0, 0.05) is 36.4 Å². The summed E-state index contributed by atoms with van der Waals surface area (Å²) in [5, 5.41) is 6.15. The van der Waals surface area contributed by atoms with E-state index >= 15 is 0 Å². The van der Waals surface area contributed by atoms with Crippen LogP contribution >= 0.6 is 0 Å². The van der Waals surface area contributed by atoms with E-state index in [4.69, 9.17) is 0 Å². The summed E-state index contributed by atoms with van der Waals surface area (Å²) >= 11 is 0. The normalized spacial score (nSPS) is 10.3. The molecule has 0 spiro atoms. The molecule has 3 aromatic rings. The lowest BCUT2D eigenvalue weighted by atomic mass is 10.2. The fraction of sp³-hybridized carbons (Fsp3) is 0.158. The average molecular weight is 333 g/mol. The molecule has 0 saturated carbocycles. The lowest BCUT2D eigenvalue weighted by Crippen LogP contribution is -2.12. The lowest BCUT2D eigenvalue weighted by molar-refractivity contribution is 0.102. The molecule has 6 nitrogen and oxygen atoms in total. The number of aryl methyl sites for hydroxylation is 2. The van der Waals surface area contributed by atoms with Gasteiger partial charge in [0.15, 0.2) is 0 Å². The van der Waals surface area contributed by atoms with Crippen LogP contribution in [0.15, 0.2) is 55.0 Å². The fourth-order valence-electron chi connectivity index (χ4n) is 2.30.